The van der Waals surface area contributed by atoms with Gasteiger partial charge in [-0.05, 0) is 30.7 Å². The maximum absolute atomic E-state index is 10.6. The van der Waals surface area contributed by atoms with E-state index in [1.165, 1.54) is 10.9 Å². The van der Waals surface area contributed by atoms with Crippen molar-refractivity contribution >= 4 is 28.9 Å². The Morgan fingerprint density at radius 3 is 2.83 bits per heavy atom. The summed E-state index contributed by atoms with van der Waals surface area (Å²) < 4.78 is 5.91. The van der Waals surface area contributed by atoms with Crippen LogP contribution in [0.15, 0.2) is 28.7 Å². The average Bonchev–Trinajstić information content (AvgIpc) is 2.93. The fraction of sp³-hybridized carbons (Fsp3) is 0.250. The molecule has 0 aliphatic heterocycles. The molecule has 2 rings (SSSR count). The number of hydrogen-bond donors (Lipinski definition) is 2. The highest BCUT2D eigenvalue weighted by atomic mass is 35.5. The first-order chi connectivity index (χ1) is 8.65. The van der Waals surface area contributed by atoms with Crippen LogP contribution in [0.4, 0.5) is 0 Å². The minimum atomic E-state index is -1.05. The lowest BCUT2D eigenvalue weighted by Gasteiger charge is -2.00. The quantitative estimate of drug-likeness (QED) is 0.801. The monoisotopic (exact) mass is 285 g/mol. The molecule has 0 radical (unpaired) electrons. The summed E-state index contributed by atoms with van der Waals surface area (Å²) in [4.78, 5) is 11.8. The van der Waals surface area contributed by atoms with Crippen LogP contribution >= 0.6 is 22.9 Å². The van der Waals surface area contributed by atoms with Crippen molar-refractivity contribution in [1.82, 2.24) is 5.32 Å². The van der Waals surface area contributed by atoms with Crippen LogP contribution in [-0.2, 0) is 13.0 Å². The summed E-state index contributed by atoms with van der Waals surface area (Å²) in [6.45, 7) is 1.31. The van der Waals surface area contributed by atoms with Crippen LogP contribution in [0.25, 0.3) is 0 Å². The summed E-state index contributed by atoms with van der Waals surface area (Å²) in [5.41, 5.74) is 0. The van der Waals surface area contributed by atoms with Gasteiger partial charge < -0.3 is 14.8 Å². The molecule has 2 heterocycles. The van der Waals surface area contributed by atoms with Gasteiger partial charge in [0.1, 0.15) is 5.76 Å². The van der Waals surface area contributed by atoms with Crippen LogP contribution in [0.2, 0.25) is 4.34 Å². The third-order valence-corrected chi connectivity index (χ3v) is 3.64. The zero-order valence-electron chi connectivity index (χ0n) is 9.48. The van der Waals surface area contributed by atoms with Crippen molar-refractivity contribution in [2.75, 3.05) is 6.54 Å². The largest absolute Gasteiger partial charge is 0.475 e. The van der Waals surface area contributed by atoms with Gasteiger partial charge in [0.25, 0.3) is 0 Å². The third-order valence-electron chi connectivity index (χ3n) is 2.35. The highest BCUT2D eigenvalue weighted by molar-refractivity contribution is 7.16. The lowest BCUT2D eigenvalue weighted by atomic mass is 10.3. The molecular weight excluding hydrogens is 274 g/mol. The molecule has 18 heavy (non-hydrogen) atoms. The Labute approximate surface area is 113 Å². The van der Waals surface area contributed by atoms with E-state index in [1.807, 2.05) is 12.1 Å². The number of rotatable bonds is 6. The SMILES string of the molecule is O=C(O)c1ccc(CNCCc2ccc(Cl)s2)o1. The van der Waals surface area contributed by atoms with Gasteiger partial charge in [-0.2, -0.15) is 0 Å². The molecule has 0 atom stereocenters. The molecule has 0 aliphatic carbocycles. The summed E-state index contributed by atoms with van der Waals surface area (Å²) in [6.07, 6.45) is 0.893. The Morgan fingerprint density at radius 1 is 1.39 bits per heavy atom. The smallest absolute Gasteiger partial charge is 0.371 e. The molecule has 2 aromatic heterocycles. The van der Waals surface area contributed by atoms with Crippen LogP contribution in [-0.4, -0.2) is 17.6 Å². The average molecular weight is 286 g/mol. The normalized spacial score (nSPS) is 10.7. The van der Waals surface area contributed by atoms with Gasteiger partial charge in [0, 0.05) is 11.4 Å². The van der Waals surface area contributed by atoms with E-state index in [9.17, 15) is 4.79 Å². The van der Waals surface area contributed by atoms with E-state index in [0.717, 1.165) is 17.3 Å². The Kier molecular flexibility index (Phi) is 4.41. The van der Waals surface area contributed by atoms with Gasteiger partial charge in [-0.1, -0.05) is 11.6 Å². The fourth-order valence-electron chi connectivity index (χ4n) is 1.50. The number of carbonyl (C=O) groups is 1. The maximum atomic E-state index is 10.6. The third kappa shape index (κ3) is 3.60. The maximum Gasteiger partial charge on any atom is 0.371 e. The lowest BCUT2D eigenvalue weighted by Crippen LogP contribution is -2.15. The van der Waals surface area contributed by atoms with Gasteiger partial charge >= 0.3 is 5.97 Å². The zero-order chi connectivity index (χ0) is 13.0. The van der Waals surface area contributed by atoms with Gasteiger partial charge in [0.05, 0.1) is 10.9 Å². The van der Waals surface area contributed by atoms with Crippen molar-refractivity contribution in [3.05, 3.63) is 45.0 Å². The molecule has 0 aromatic carbocycles. The van der Waals surface area contributed by atoms with E-state index in [0.29, 0.717) is 12.3 Å². The van der Waals surface area contributed by atoms with Crippen LogP contribution in [0.5, 0.6) is 0 Å². The minimum Gasteiger partial charge on any atom is -0.475 e. The molecule has 2 N–H and O–H groups in total. The van der Waals surface area contributed by atoms with Crippen LogP contribution in [0, 0.1) is 0 Å². The summed E-state index contributed by atoms with van der Waals surface area (Å²) in [5.74, 6) is -0.456. The van der Waals surface area contributed by atoms with E-state index >= 15 is 0 Å². The fourth-order valence-corrected chi connectivity index (χ4v) is 2.58. The number of furan rings is 1. The number of halogens is 1. The molecule has 0 amide bonds. The Bertz CT molecular complexity index is 535. The first-order valence-electron chi connectivity index (χ1n) is 5.42. The number of aromatic carboxylic acids is 1. The molecule has 96 valence electrons. The second kappa shape index (κ2) is 6.04. The predicted molar refractivity (Wildman–Crippen MR) is 70.4 cm³/mol. The number of thiophene rings is 1. The van der Waals surface area contributed by atoms with Crippen LogP contribution in [0.3, 0.4) is 0 Å². The molecule has 0 saturated carbocycles. The number of carboxylic acids is 1. The first-order valence-corrected chi connectivity index (χ1v) is 6.61. The number of carboxylic acid groups (broad SMARTS) is 1. The van der Waals surface area contributed by atoms with Gasteiger partial charge in [0.15, 0.2) is 0 Å². The van der Waals surface area contributed by atoms with Crippen molar-refractivity contribution in [1.29, 1.82) is 0 Å². The number of hydrogen-bond acceptors (Lipinski definition) is 4. The zero-order valence-corrected chi connectivity index (χ0v) is 11.1. The van der Waals surface area contributed by atoms with E-state index in [4.69, 9.17) is 21.1 Å². The standard InChI is InChI=1S/C12H12ClNO3S/c13-11-4-2-9(18-11)5-6-14-7-8-1-3-10(17-8)12(15)16/h1-4,14H,5-7H2,(H,15,16). The molecule has 0 unspecified atom stereocenters. The molecule has 0 saturated heterocycles. The molecule has 0 aliphatic rings. The molecule has 4 nitrogen and oxygen atoms in total. The summed E-state index contributed by atoms with van der Waals surface area (Å²) >= 11 is 7.40. The van der Waals surface area contributed by atoms with Crippen molar-refractivity contribution in [3.8, 4) is 0 Å². The van der Waals surface area contributed by atoms with Crippen LogP contribution < -0.4 is 5.32 Å². The van der Waals surface area contributed by atoms with Crippen molar-refractivity contribution in [3.63, 3.8) is 0 Å². The van der Waals surface area contributed by atoms with E-state index in [1.54, 1.807) is 17.4 Å². The molecule has 0 fully saturated rings. The number of nitrogens with one attached hydrogen (secondary N) is 1. The van der Waals surface area contributed by atoms with E-state index < -0.39 is 5.97 Å². The Balaban J connectivity index is 1.73. The van der Waals surface area contributed by atoms with Crippen LogP contribution in [0.1, 0.15) is 21.2 Å². The molecule has 0 spiro atoms. The van der Waals surface area contributed by atoms with Crippen molar-refractivity contribution in [2.24, 2.45) is 0 Å². The Hall–Kier alpha value is -1.30. The minimum absolute atomic E-state index is 0.0307. The lowest BCUT2D eigenvalue weighted by molar-refractivity contribution is 0.0660. The van der Waals surface area contributed by atoms with E-state index in [2.05, 4.69) is 5.32 Å². The molecule has 6 heteroatoms. The summed E-state index contributed by atoms with van der Waals surface area (Å²) in [5, 5.41) is 11.9. The molecule has 0 bridgehead atoms. The van der Waals surface area contributed by atoms with Gasteiger partial charge in [-0.3, -0.25) is 0 Å². The topological polar surface area (TPSA) is 62.5 Å². The first kappa shape index (κ1) is 13.1. The molecular formula is C12H12ClNO3S. The van der Waals surface area contributed by atoms with Crippen molar-refractivity contribution in [2.45, 2.75) is 13.0 Å². The summed E-state index contributed by atoms with van der Waals surface area (Å²) in [7, 11) is 0. The second-order valence-corrected chi connectivity index (χ2v) is 5.50. The Morgan fingerprint density at radius 2 is 2.22 bits per heavy atom. The van der Waals surface area contributed by atoms with Gasteiger partial charge in [-0.25, -0.2) is 4.79 Å². The van der Waals surface area contributed by atoms with E-state index in [-0.39, 0.29) is 5.76 Å². The predicted octanol–water partition coefficient (Wildman–Crippen LogP) is 3.03. The van der Waals surface area contributed by atoms with Gasteiger partial charge in [0.2, 0.25) is 5.76 Å². The summed E-state index contributed by atoms with van der Waals surface area (Å²) in [6, 6.07) is 7.01. The highest BCUT2D eigenvalue weighted by Gasteiger charge is 2.08. The van der Waals surface area contributed by atoms with Crippen molar-refractivity contribution < 1.29 is 14.3 Å². The second-order valence-electron chi connectivity index (χ2n) is 3.70. The highest BCUT2D eigenvalue weighted by Crippen LogP contribution is 2.21. The van der Waals surface area contributed by atoms with Gasteiger partial charge in [-0.15, -0.1) is 11.3 Å². The molecule has 2 aromatic rings.